The number of benzene rings is 2. The number of aryl methyl sites for hydroxylation is 3. The van der Waals surface area contributed by atoms with Crippen molar-refractivity contribution in [2.24, 2.45) is 0 Å². The number of carbonyl (C=O) groups excluding carboxylic acids is 1. The fourth-order valence-corrected chi connectivity index (χ4v) is 3.66. The van der Waals surface area contributed by atoms with Crippen LogP contribution in [-0.2, 0) is 6.18 Å². The number of nitrogens with one attached hydrogen (secondary N) is 1. The Kier molecular flexibility index (Phi) is 5.82. The van der Waals surface area contributed by atoms with Gasteiger partial charge < -0.3 is 5.32 Å². The van der Waals surface area contributed by atoms with Gasteiger partial charge in [0.2, 0.25) is 5.43 Å². The van der Waals surface area contributed by atoms with E-state index in [4.69, 9.17) is 0 Å². The molecule has 0 bridgehead atoms. The highest BCUT2D eigenvalue weighted by Crippen LogP contribution is 2.33. The molecule has 7 nitrogen and oxygen atoms in total. The lowest BCUT2D eigenvalue weighted by Crippen LogP contribution is -2.28. The molecule has 10 heteroatoms. The summed E-state index contributed by atoms with van der Waals surface area (Å²) in [7, 11) is 0. The highest BCUT2D eigenvalue weighted by Gasteiger charge is 2.34. The van der Waals surface area contributed by atoms with Crippen LogP contribution in [0.25, 0.3) is 11.4 Å². The monoisotopic (exact) mass is 467 g/mol. The number of aromatic nitrogens is 4. The topological polar surface area (TPSA) is 81.8 Å². The Morgan fingerprint density at radius 2 is 1.44 bits per heavy atom. The minimum absolute atomic E-state index is 0.154. The van der Waals surface area contributed by atoms with Crippen molar-refractivity contribution in [1.82, 2.24) is 19.6 Å². The maximum Gasteiger partial charge on any atom is 0.418 e. The first kappa shape index (κ1) is 23.0. The van der Waals surface area contributed by atoms with Gasteiger partial charge in [-0.2, -0.15) is 23.4 Å². The standard InChI is InChI=1S/C24H20F3N5O2/c1-14-12-15(2)32(29-14)20-11-7-5-9-18(20)28-23(34)22-21(33)13-16(3)31(30-22)19-10-6-4-8-17(19)24(25,26)27/h4-13H,1-3H3,(H,28,34). The van der Waals surface area contributed by atoms with Gasteiger partial charge in [0.25, 0.3) is 5.91 Å². The molecule has 2 aromatic heterocycles. The van der Waals surface area contributed by atoms with E-state index in [1.807, 2.05) is 19.9 Å². The number of carbonyl (C=O) groups is 1. The highest BCUT2D eigenvalue weighted by molar-refractivity contribution is 6.03. The second kappa shape index (κ2) is 8.62. The Hall–Kier alpha value is -4.21. The molecule has 2 aromatic carbocycles. The molecule has 0 saturated heterocycles. The fourth-order valence-electron chi connectivity index (χ4n) is 3.66. The normalized spacial score (nSPS) is 11.5. The smallest absolute Gasteiger partial charge is 0.319 e. The van der Waals surface area contributed by atoms with Gasteiger partial charge in [-0.05, 0) is 51.1 Å². The van der Waals surface area contributed by atoms with Crippen LogP contribution in [0.4, 0.5) is 18.9 Å². The average Bonchev–Trinajstić information content (AvgIpc) is 3.11. The van der Waals surface area contributed by atoms with E-state index >= 15 is 0 Å². The van der Waals surface area contributed by atoms with Gasteiger partial charge in [0.05, 0.1) is 28.3 Å². The summed E-state index contributed by atoms with van der Waals surface area (Å²) in [6.45, 7) is 5.14. The first-order valence-electron chi connectivity index (χ1n) is 10.3. The van der Waals surface area contributed by atoms with E-state index < -0.39 is 28.8 Å². The van der Waals surface area contributed by atoms with Crippen molar-refractivity contribution in [2.75, 3.05) is 5.32 Å². The van der Waals surface area contributed by atoms with Gasteiger partial charge in [-0.15, -0.1) is 0 Å². The lowest BCUT2D eigenvalue weighted by atomic mass is 10.1. The number of alkyl halides is 3. The number of halogens is 3. The summed E-state index contributed by atoms with van der Waals surface area (Å²) < 4.78 is 43.2. The summed E-state index contributed by atoms with van der Waals surface area (Å²) in [6, 6.07) is 14.6. The average molecular weight is 467 g/mol. The maximum absolute atomic E-state index is 13.5. The Labute approximate surface area is 192 Å². The van der Waals surface area contributed by atoms with Gasteiger partial charge in [0.15, 0.2) is 5.69 Å². The zero-order chi connectivity index (χ0) is 24.6. The quantitative estimate of drug-likeness (QED) is 0.475. The third kappa shape index (κ3) is 4.34. The van der Waals surface area contributed by atoms with E-state index in [1.165, 1.54) is 25.1 Å². The minimum Gasteiger partial charge on any atom is -0.319 e. The van der Waals surface area contributed by atoms with Gasteiger partial charge in [-0.25, -0.2) is 9.36 Å². The summed E-state index contributed by atoms with van der Waals surface area (Å²) >= 11 is 0. The summed E-state index contributed by atoms with van der Waals surface area (Å²) in [5.41, 5.74) is 0.231. The number of hydrogen-bond donors (Lipinski definition) is 1. The molecule has 0 fully saturated rings. The Balaban J connectivity index is 1.77. The van der Waals surface area contributed by atoms with Crippen molar-refractivity contribution < 1.29 is 18.0 Å². The number of para-hydroxylation sites is 3. The largest absolute Gasteiger partial charge is 0.418 e. The summed E-state index contributed by atoms with van der Waals surface area (Å²) in [6.07, 6.45) is -4.64. The molecule has 174 valence electrons. The molecule has 0 radical (unpaired) electrons. The van der Waals surface area contributed by atoms with E-state index in [-0.39, 0.29) is 11.4 Å². The zero-order valence-corrected chi connectivity index (χ0v) is 18.5. The van der Waals surface area contributed by atoms with E-state index in [0.717, 1.165) is 28.2 Å². The van der Waals surface area contributed by atoms with Crippen LogP contribution in [0.5, 0.6) is 0 Å². The molecule has 4 aromatic rings. The molecule has 2 heterocycles. The molecule has 1 amide bonds. The van der Waals surface area contributed by atoms with Crippen molar-refractivity contribution in [2.45, 2.75) is 26.9 Å². The molecule has 0 aliphatic heterocycles. The van der Waals surface area contributed by atoms with Crippen molar-refractivity contribution in [3.63, 3.8) is 0 Å². The van der Waals surface area contributed by atoms with E-state index in [2.05, 4.69) is 15.5 Å². The molecule has 0 atom stereocenters. The molecule has 1 N–H and O–H groups in total. The second-order valence-corrected chi connectivity index (χ2v) is 7.74. The van der Waals surface area contributed by atoms with Crippen molar-refractivity contribution in [1.29, 1.82) is 0 Å². The van der Waals surface area contributed by atoms with Crippen LogP contribution in [0.3, 0.4) is 0 Å². The molecule has 34 heavy (non-hydrogen) atoms. The highest BCUT2D eigenvalue weighted by atomic mass is 19.4. The predicted molar refractivity (Wildman–Crippen MR) is 121 cm³/mol. The minimum atomic E-state index is -4.64. The SMILES string of the molecule is Cc1cc(C)n(-c2ccccc2NC(=O)c2nn(-c3ccccc3C(F)(F)F)c(C)cc2=O)n1. The van der Waals surface area contributed by atoms with Crippen LogP contribution >= 0.6 is 0 Å². The van der Waals surface area contributed by atoms with Gasteiger partial charge >= 0.3 is 6.18 Å². The van der Waals surface area contributed by atoms with Crippen LogP contribution in [0.15, 0.2) is 65.5 Å². The van der Waals surface area contributed by atoms with Crippen molar-refractivity contribution in [3.8, 4) is 11.4 Å². The lowest BCUT2D eigenvalue weighted by molar-refractivity contribution is -0.137. The second-order valence-electron chi connectivity index (χ2n) is 7.74. The Bertz CT molecular complexity index is 1450. The molecule has 0 unspecified atom stereocenters. The van der Waals surface area contributed by atoms with Crippen LogP contribution in [0, 0.1) is 20.8 Å². The molecule has 0 saturated carbocycles. The van der Waals surface area contributed by atoms with Crippen molar-refractivity contribution in [3.05, 3.63) is 99.2 Å². The summed E-state index contributed by atoms with van der Waals surface area (Å²) in [5.74, 6) is -0.850. The summed E-state index contributed by atoms with van der Waals surface area (Å²) in [5, 5.41) is 11.1. The number of nitrogens with zero attached hydrogens (tertiary/aromatic N) is 4. The van der Waals surface area contributed by atoms with E-state index in [0.29, 0.717) is 11.4 Å². The first-order chi connectivity index (χ1) is 16.1. The van der Waals surface area contributed by atoms with E-state index in [9.17, 15) is 22.8 Å². The number of anilines is 1. The van der Waals surface area contributed by atoms with Crippen LogP contribution in [0.1, 0.15) is 33.1 Å². The third-order valence-electron chi connectivity index (χ3n) is 5.15. The molecule has 0 spiro atoms. The van der Waals surface area contributed by atoms with Gasteiger partial charge in [0, 0.05) is 17.5 Å². The lowest BCUT2D eigenvalue weighted by Gasteiger charge is -2.17. The van der Waals surface area contributed by atoms with Gasteiger partial charge in [0.1, 0.15) is 0 Å². The van der Waals surface area contributed by atoms with Crippen LogP contribution in [-0.4, -0.2) is 25.5 Å². The Morgan fingerprint density at radius 1 is 0.853 bits per heavy atom. The predicted octanol–water partition coefficient (Wildman–Crippen LogP) is 4.61. The fraction of sp³-hybridized carbons (Fsp3) is 0.167. The molecule has 0 aliphatic rings. The van der Waals surface area contributed by atoms with E-state index in [1.54, 1.807) is 28.9 Å². The molecular weight excluding hydrogens is 447 g/mol. The zero-order valence-electron chi connectivity index (χ0n) is 18.5. The number of rotatable bonds is 4. The van der Waals surface area contributed by atoms with Gasteiger partial charge in [-0.3, -0.25) is 9.59 Å². The first-order valence-corrected chi connectivity index (χ1v) is 10.3. The molecule has 4 rings (SSSR count). The maximum atomic E-state index is 13.5. The number of hydrogen-bond acceptors (Lipinski definition) is 4. The number of amides is 1. The molecular formula is C24H20F3N5O2. The third-order valence-corrected chi connectivity index (χ3v) is 5.15. The van der Waals surface area contributed by atoms with Crippen LogP contribution < -0.4 is 10.7 Å². The van der Waals surface area contributed by atoms with Gasteiger partial charge in [-0.1, -0.05) is 24.3 Å². The molecule has 0 aliphatic carbocycles. The summed E-state index contributed by atoms with van der Waals surface area (Å²) in [4.78, 5) is 25.6. The van der Waals surface area contributed by atoms with Crippen LogP contribution in [0.2, 0.25) is 0 Å². The Morgan fingerprint density at radius 3 is 2.09 bits per heavy atom. The van der Waals surface area contributed by atoms with Crippen molar-refractivity contribution >= 4 is 11.6 Å².